The largest absolute Gasteiger partial charge is 0.289 e. The van der Waals surface area contributed by atoms with Crippen molar-refractivity contribution < 1.29 is 4.79 Å². The summed E-state index contributed by atoms with van der Waals surface area (Å²) in [6.45, 7) is 0. The normalized spacial score (nSPS) is 10.5. The summed E-state index contributed by atoms with van der Waals surface area (Å²) >= 11 is 0. The fourth-order valence-corrected chi connectivity index (χ4v) is 2.39. The van der Waals surface area contributed by atoms with Crippen molar-refractivity contribution in [3.8, 4) is 17.2 Å². The number of hydrogen-bond acceptors (Lipinski definition) is 2. The second-order valence-electron chi connectivity index (χ2n) is 5.37. The fraction of sp³-hybridized carbons (Fsp3) is 0. The number of benzene rings is 3. The molecule has 0 fully saturated rings. The van der Waals surface area contributed by atoms with E-state index in [1.807, 2.05) is 66.7 Å². The number of nitrogens with zero attached hydrogens (tertiary/aromatic N) is 1. The summed E-state index contributed by atoms with van der Waals surface area (Å²) in [6.07, 6.45) is 3.31. The molecule has 0 unspecified atom stereocenters. The van der Waals surface area contributed by atoms with E-state index in [0.717, 1.165) is 16.7 Å². The number of carbonyl (C=O) groups excluding carboxylic acids is 1. The molecule has 3 rings (SSSR count). The van der Waals surface area contributed by atoms with Crippen molar-refractivity contribution in [3.05, 3.63) is 102 Å². The molecule has 24 heavy (non-hydrogen) atoms. The van der Waals surface area contributed by atoms with Gasteiger partial charge in [-0.3, -0.25) is 4.79 Å². The molecule has 0 aromatic heterocycles. The first-order chi connectivity index (χ1) is 11.8. The zero-order valence-electron chi connectivity index (χ0n) is 13.0. The number of ketones is 1. The van der Waals surface area contributed by atoms with E-state index in [9.17, 15) is 4.79 Å². The molecular weight excluding hydrogens is 294 g/mol. The van der Waals surface area contributed by atoms with Crippen LogP contribution < -0.4 is 0 Å². The van der Waals surface area contributed by atoms with Gasteiger partial charge in [-0.1, -0.05) is 72.8 Å². The first-order valence-electron chi connectivity index (χ1n) is 7.64. The van der Waals surface area contributed by atoms with E-state index in [4.69, 9.17) is 5.26 Å². The fourth-order valence-electron chi connectivity index (χ4n) is 2.39. The van der Waals surface area contributed by atoms with E-state index in [-0.39, 0.29) is 5.78 Å². The molecule has 3 aromatic rings. The van der Waals surface area contributed by atoms with Crippen LogP contribution in [0.1, 0.15) is 21.5 Å². The molecule has 0 bridgehead atoms. The van der Waals surface area contributed by atoms with Crippen LogP contribution in [0.15, 0.2) is 84.9 Å². The summed E-state index contributed by atoms with van der Waals surface area (Å²) in [5, 5.41) is 8.78. The Morgan fingerprint density at radius 3 is 2.04 bits per heavy atom. The molecule has 0 saturated heterocycles. The highest BCUT2D eigenvalue weighted by Gasteiger charge is 2.03. The van der Waals surface area contributed by atoms with Gasteiger partial charge in [0.2, 0.25) is 0 Å². The molecule has 2 heteroatoms. The Balaban J connectivity index is 1.73. The molecule has 2 nitrogen and oxygen atoms in total. The van der Waals surface area contributed by atoms with Crippen LogP contribution in [-0.4, -0.2) is 5.78 Å². The third-order valence-electron chi connectivity index (χ3n) is 3.74. The maximum absolute atomic E-state index is 12.2. The Hall–Kier alpha value is -3.44. The number of allylic oxidation sites excluding steroid dienone is 1. The smallest absolute Gasteiger partial charge is 0.185 e. The summed E-state index contributed by atoms with van der Waals surface area (Å²) < 4.78 is 0. The van der Waals surface area contributed by atoms with Gasteiger partial charge in [-0.2, -0.15) is 5.26 Å². The molecular formula is C22H15NO. The zero-order chi connectivity index (χ0) is 16.8. The van der Waals surface area contributed by atoms with Crippen LogP contribution in [0, 0.1) is 11.3 Å². The van der Waals surface area contributed by atoms with Gasteiger partial charge in [0.1, 0.15) is 0 Å². The maximum Gasteiger partial charge on any atom is 0.185 e. The quantitative estimate of drug-likeness (QED) is 0.495. The van der Waals surface area contributed by atoms with E-state index in [1.54, 1.807) is 24.3 Å². The third-order valence-corrected chi connectivity index (χ3v) is 3.74. The summed E-state index contributed by atoms with van der Waals surface area (Å²) in [5.74, 6) is -0.0426. The van der Waals surface area contributed by atoms with Gasteiger partial charge in [0, 0.05) is 5.56 Å². The summed E-state index contributed by atoms with van der Waals surface area (Å²) in [7, 11) is 0. The van der Waals surface area contributed by atoms with Crippen molar-refractivity contribution in [2.24, 2.45) is 0 Å². The first-order valence-corrected chi connectivity index (χ1v) is 7.64. The molecule has 0 spiro atoms. The lowest BCUT2D eigenvalue weighted by molar-refractivity contribution is 0.104. The van der Waals surface area contributed by atoms with Gasteiger partial charge in [0.15, 0.2) is 5.78 Å². The number of rotatable bonds is 4. The molecule has 0 N–H and O–H groups in total. The number of hydrogen-bond donors (Lipinski definition) is 0. The third kappa shape index (κ3) is 3.66. The van der Waals surface area contributed by atoms with Gasteiger partial charge in [-0.15, -0.1) is 0 Å². The van der Waals surface area contributed by atoms with Gasteiger partial charge in [0.05, 0.1) is 11.6 Å². The van der Waals surface area contributed by atoms with E-state index in [0.29, 0.717) is 11.1 Å². The monoisotopic (exact) mass is 309 g/mol. The van der Waals surface area contributed by atoms with Crippen molar-refractivity contribution in [2.45, 2.75) is 0 Å². The molecule has 0 radical (unpaired) electrons. The highest BCUT2D eigenvalue weighted by atomic mass is 16.1. The van der Waals surface area contributed by atoms with E-state index in [1.165, 1.54) is 0 Å². The molecule has 0 atom stereocenters. The van der Waals surface area contributed by atoms with Gasteiger partial charge >= 0.3 is 0 Å². The van der Waals surface area contributed by atoms with Gasteiger partial charge in [0.25, 0.3) is 0 Å². The van der Waals surface area contributed by atoms with Gasteiger partial charge in [-0.05, 0) is 34.9 Å². The Morgan fingerprint density at radius 2 is 1.42 bits per heavy atom. The molecule has 0 saturated carbocycles. The predicted molar refractivity (Wildman–Crippen MR) is 96.4 cm³/mol. The minimum absolute atomic E-state index is 0.0426. The summed E-state index contributed by atoms with van der Waals surface area (Å²) in [6, 6.07) is 26.8. The lowest BCUT2D eigenvalue weighted by Gasteiger charge is -2.02. The van der Waals surface area contributed by atoms with Crippen LogP contribution in [-0.2, 0) is 0 Å². The maximum atomic E-state index is 12.2. The molecule has 114 valence electrons. The van der Waals surface area contributed by atoms with Crippen LogP contribution in [0.3, 0.4) is 0 Å². The average molecular weight is 309 g/mol. The summed E-state index contributed by atoms with van der Waals surface area (Å²) in [5.41, 5.74) is 4.37. The lowest BCUT2D eigenvalue weighted by atomic mass is 10.0. The zero-order valence-corrected chi connectivity index (χ0v) is 13.0. The Bertz CT molecular complexity index is 899. The van der Waals surface area contributed by atoms with Crippen molar-refractivity contribution in [1.82, 2.24) is 0 Å². The number of nitriles is 1. The van der Waals surface area contributed by atoms with Gasteiger partial charge < -0.3 is 0 Å². The van der Waals surface area contributed by atoms with Crippen molar-refractivity contribution >= 4 is 11.9 Å². The van der Waals surface area contributed by atoms with Crippen LogP contribution in [0.2, 0.25) is 0 Å². The predicted octanol–water partition coefficient (Wildman–Crippen LogP) is 5.12. The molecule has 0 aliphatic rings. The van der Waals surface area contributed by atoms with Crippen molar-refractivity contribution in [3.63, 3.8) is 0 Å². The Morgan fingerprint density at radius 1 is 0.792 bits per heavy atom. The Kier molecular flexibility index (Phi) is 4.65. The summed E-state index contributed by atoms with van der Waals surface area (Å²) in [4.78, 5) is 12.2. The topological polar surface area (TPSA) is 40.9 Å². The molecule has 0 aliphatic carbocycles. The first kappa shape index (κ1) is 15.5. The molecule has 0 amide bonds. The molecule has 0 heterocycles. The van der Waals surface area contributed by atoms with Crippen LogP contribution in [0.25, 0.3) is 17.2 Å². The van der Waals surface area contributed by atoms with E-state index in [2.05, 4.69) is 6.07 Å². The molecule has 3 aromatic carbocycles. The highest BCUT2D eigenvalue weighted by Crippen LogP contribution is 2.19. The SMILES string of the molecule is N#Cc1ccc(/C=C/C(=O)c2ccc(-c3ccccc3)cc2)cc1. The highest BCUT2D eigenvalue weighted by molar-refractivity contribution is 6.07. The van der Waals surface area contributed by atoms with Crippen molar-refractivity contribution in [2.75, 3.05) is 0 Å². The van der Waals surface area contributed by atoms with Crippen LogP contribution in [0.4, 0.5) is 0 Å². The van der Waals surface area contributed by atoms with Crippen molar-refractivity contribution in [1.29, 1.82) is 5.26 Å². The minimum Gasteiger partial charge on any atom is -0.289 e. The van der Waals surface area contributed by atoms with E-state index >= 15 is 0 Å². The number of carbonyl (C=O) groups is 1. The average Bonchev–Trinajstić information content (AvgIpc) is 2.67. The molecule has 0 aliphatic heterocycles. The van der Waals surface area contributed by atoms with Crippen LogP contribution >= 0.6 is 0 Å². The second-order valence-corrected chi connectivity index (χ2v) is 5.37. The second kappa shape index (κ2) is 7.21. The minimum atomic E-state index is -0.0426. The Labute approximate surface area is 141 Å². The van der Waals surface area contributed by atoms with Gasteiger partial charge in [-0.25, -0.2) is 0 Å². The lowest BCUT2D eigenvalue weighted by Crippen LogP contribution is -1.93. The standard InChI is InChI=1S/C22H15NO/c23-16-18-8-6-17(7-9-18)10-15-22(24)21-13-11-20(12-14-21)19-4-2-1-3-5-19/h1-15H/b15-10+. The van der Waals surface area contributed by atoms with Crippen LogP contribution in [0.5, 0.6) is 0 Å². The van der Waals surface area contributed by atoms with E-state index < -0.39 is 0 Å².